The standard InChI is InChI=1S/C10H18N2O2/c1-10(2,3)14-9(13)12(4)8-6-5-7-11/h7-8,11H2,1-4H3. The number of carbonyl (C=O) groups is 1. The third-order valence-corrected chi connectivity index (χ3v) is 1.25. The Labute approximate surface area is 85.4 Å². The molecule has 2 N–H and O–H groups in total. The molecule has 0 aromatic heterocycles. The molecule has 0 aromatic rings. The third kappa shape index (κ3) is 6.32. The van der Waals surface area contributed by atoms with E-state index in [-0.39, 0.29) is 6.09 Å². The van der Waals surface area contributed by atoms with Crippen molar-refractivity contribution in [3.05, 3.63) is 0 Å². The van der Waals surface area contributed by atoms with Gasteiger partial charge in [-0.1, -0.05) is 11.8 Å². The Bertz CT molecular complexity index is 245. The van der Waals surface area contributed by atoms with Crippen molar-refractivity contribution in [2.24, 2.45) is 5.73 Å². The zero-order chi connectivity index (χ0) is 11.2. The zero-order valence-electron chi connectivity index (χ0n) is 9.26. The van der Waals surface area contributed by atoms with Crippen molar-refractivity contribution in [3.63, 3.8) is 0 Å². The third-order valence-electron chi connectivity index (χ3n) is 1.25. The number of nitrogens with two attached hydrogens (primary N) is 1. The molecule has 80 valence electrons. The summed E-state index contributed by atoms with van der Waals surface area (Å²) in [6, 6.07) is 0. The summed E-state index contributed by atoms with van der Waals surface area (Å²) in [7, 11) is 1.64. The summed E-state index contributed by atoms with van der Waals surface area (Å²) in [5.41, 5.74) is 4.72. The van der Waals surface area contributed by atoms with E-state index in [1.165, 1.54) is 4.90 Å². The summed E-state index contributed by atoms with van der Waals surface area (Å²) in [4.78, 5) is 12.8. The van der Waals surface area contributed by atoms with Gasteiger partial charge in [-0.25, -0.2) is 4.79 Å². The lowest BCUT2D eigenvalue weighted by atomic mass is 10.2. The predicted molar refractivity (Wildman–Crippen MR) is 55.7 cm³/mol. The molecule has 0 aromatic carbocycles. The average Bonchev–Trinajstić information content (AvgIpc) is 2.01. The van der Waals surface area contributed by atoms with Gasteiger partial charge in [-0.2, -0.15) is 0 Å². The first-order chi connectivity index (χ1) is 6.37. The van der Waals surface area contributed by atoms with Crippen LogP contribution in [0, 0.1) is 11.8 Å². The molecule has 0 heterocycles. The maximum atomic E-state index is 11.4. The van der Waals surface area contributed by atoms with E-state index in [1.54, 1.807) is 7.05 Å². The fourth-order valence-corrected chi connectivity index (χ4v) is 0.651. The molecule has 1 amide bonds. The van der Waals surface area contributed by atoms with E-state index >= 15 is 0 Å². The molecule has 4 heteroatoms. The SMILES string of the molecule is CN(CC#CCN)C(=O)OC(C)(C)C. The molecule has 0 atom stereocenters. The number of hydrogen-bond acceptors (Lipinski definition) is 3. The van der Waals surface area contributed by atoms with E-state index in [0.717, 1.165) is 0 Å². The van der Waals surface area contributed by atoms with Crippen molar-refractivity contribution >= 4 is 6.09 Å². The smallest absolute Gasteiger partial charge is 0.410 e. The first kappa shape index (κ1) is 12.8. The van der Waals surface area contributed by atoms with Gasteiger partial charge in [-0.3, -0.25) is 0 Å². The Morgan fingerprint density at radius 1 is 1.43 bits per heavy atom. The molecule has 0 saturated heterocycles. The number of rotatable bonds is 1. The number of amides is 1. The molecule has 0 aliphatic rings. The molecular weight excluding hydrogens is 180 g/mol. The molecule has 0 aliphatic heterocycles. The topological polar surface area (TPSA) is 55.6 Å². The van der Waals surface area contributed by atoms with Crippen LogP contribution >= 0.6 is 0 Å². The van der Waals surface area contributed by atoms with Crippen LogP contribution in [-0.4, -0.2) is 36.7 Å². The Balaban J connectivity index is 4.00. The first-order valence-electron chi connectivity index (χ1n) is 4.46. The van der Waals surface area contributed by atoms with Crippen molar-refractivity contribution in [1.82, 2.24) is 4.90 Å². The minimum atomic E-state index is -0.466. The lowest BCUT2D eigenvalue weighted by molar-refractivity contribution is 0.0321. The van der Waals surface area contributed by atoms with E-state index in [4.69, 9.17) is 10.5 Å². The molecular formula is C10H18N2O2. The van der Waals surface area contributed by atoms with Crippen LogP contribution in [0.3, 0.4) is 0 Å². The molecule has 0 saturated carbocycles. The van der Waals surface area contributed by atoms with Crippen LogP contribution in [0.15, 0.2) is 0 Å². The second-order valence-corrected chi connectivity index (χ2v) is 3.89. The minimum Gasteiger partial charge on any atom is -0.444 e. The highest BCUT2D eigenvalue weighted by Gasteiger charge is 2.18. The number of hydrogen-bond donors (Lipinski definition) is 1. The summed E-state index contributed by atoms with van der Waals surface area (Å²) in [6.07, 6.45) is -0.371. The Morgan fingerprint density at radius 3 is 2.43 bits per heavy atom. The van der Waals surface area contributed by atoms with Crippen LogP contribution in [-0.2, 0) is 4.74 Å². The Morgan fingerprint density at radius 2 is 2.00 bits per heavy atom. The summed E-state index contributed by atoms with van der Waals surface area (Å²) in [5.74, 6) is 5.43. The Kier molecular flexibility index (Phi) is 5.03. The van der Waals surface area contributed by atoms with E-state index < -0.39 is 5.60 Å². The molecule has 0 fully saturated rings. The van der Waals surface area contributed by atoms with Gasteiger partial charge < -0.3 is 15.4 Å². The van der Waals surface area contributed by atoms with Gasteiger partial charge >= 0.3 is 6.09 Å². The zero-order valence-corrected chi connectivity index (χ0v) is 9.26. The highest BCUT2D eigenvalue weighted by atomic mass is 16.6. The lowest BCUT2D eigenvalue weighted by Gasteiger charge is -2.23. The maximum absolute atomic E-state index is 11.4. The first-order valence-corrected chi connectivity index (χ1v) is 4.46. The molecule has 0 spiro atoms. The Hall–Kier alpha value is -1.21. The minimum absolute atomic E-state index is 0.308. The summed E-state index contributed by atoms with van der Waals surface area (Å²) >= 11 is 0. The van der Waals surface area contributed by atoms with Gasteiger partial charge in [0.25, 0.3) is 0 Å². The van der Waals surface area contributed by atoms with Crippen LogP contribution in [0.4, 0.5) is 4.79 Å². The van der Waals surface area contributed by atoms with E-state index in [2.05, 4.69) is 11.8 Å². The van der Waals surface area contributed by atoms with Crippen molar-refractivity contribution in [1.29, 1.82) is 0 Å². The summed E-state index contributed by atoms with van der Waals surface area (Å²) < 4.78 is 5.12. The molecule has 4 nitrogen and oxygen atoms in total. The molecule has 0 unspecified atom stereocenters. The van der Waals surface area contributed by atoms with Crippen LogP contribution in [0.1, 0.15) is 20.8 Å². The highest BCUT2D eigenvalue weighted by molar-refractivity contribution is 5.68. The fraction of sp³-hybridized carbons (Fsp3) is 0.700. The van der Waals surface area contributed by atoms with Crippen molar-refractivity contribution < 1.29 is 9.53 Å². The van der Waals surface area contributed by atoms with Gasteiger partial charge in [-0.05, 0) is 20.8 Å². The quantitative estimate of drug-likeness (QED) is 0.634. The molecule has 0 aliphatic carbocycles. The predicted octanol–water partition coefficient (Wildman–Crippen LogP) is 0.815. The van der Waals surface area contributed by atoms with E-state index in [1.807, 2.05) is 20.8 Å². The van der Waals surface area contributed by atoms with Crippen molar-refractivity contribution in [3.8, 4) is 11.8 Å². The second-order valence-electron chi connectivity index (χ2n) is 3.89. The van der Waals surface area contributed by atoms with Gasteiger partial charge in [0.05, 0.1) is 13.1 Å². The van der Waals surface area contributed by atoms with Gasteiger partial charge in [0.15, 0.2) is 0 Å². The number of nitrogens with zero attached hydrogens (tertiary/aromatic N) is 1. The summed E-state index contributed by atoms with van der Waals surface area (Å²) in [6.45, 7) is 6.12. The normalized spacial score (nSPS) is 10.1. The van der Waals surface area contributed by atoms with Gasteiger partial charge in [0.2, 0.25) is 0 Å². The fourth-order valence-electron chi connectivity index (χ4n) is 0.651. The largest absolute Gasteiger partial charge is 0.444 e. The second kappa shape index (κ2) is 5.51. The molecule has 0 bridgehead atoms. The van der Waals surface area contributed by atoms with Gasteiger partial charge in [0.1, 0.15) is 5.60 Å². The summed E-state index contributed by atoms with van der Waals surface area (Å²) in [5, 5.41) is 0. The van der Waals surface area contributed by atoms with Crippen LogP contribution in [0.25, 0.3) is 0 Å². The van der Waals surface area contributed by atoms with E-state index in [0.29, 0.717) is 13.1 Å². The van der Waals surface area contributed by atoms with Crippen molar-refractivity contribution in [2.75, 3.05) is 20.1 Å². The van der Waals surface area contributed by atoms with Gasteiger partial charge in [-0.15, -0.1) is 0 Å². The number of ether oxygens (including phenoxy) is 1. The molecule has 14 heavy (non-hydrogen) atoms. The molecule has 0 rings (SSSR count). The van der Waals surface area contributed by atoms with Gasteiger partial charge in [0, 0.05) is 7.05 Å². The van der Waals surface area contributed by atoms with Crippen LogP contribution in [0.5, 0.6) is 0 Å². The molecule has 0 radical (unpaired) electrons. The van der Waals surface area contributed by atoms with Crippen LogP contribution in [0.2, 0.25) is 0 Å². The van der Waals surface area contributed by atoms with Crippen LogP contribution < -0.4 is 5.73 Å². The maximum Gasteiger partial charge on any atom is 0.410 e. The van der Waals surface area contributed by atoms with Crippen molar-refractivity contribution in [2.45, 2.75) is 26.4 Å². The monoisotopic (exact) mass is 198 g/mol. The average molecular weight is 198 g/mol. The van der Waals surface area contributed by atoms with E-state index in [9.17, 15) is 4.79 Å². The highest BCUT2D eigenvalue weighted by Crippen LogP contribution is 2.08. The number of carbonyl (C=O) groups excluding carboxylic acids is 1. The lowest BCUT2D eigenvalue weighted by Crippen LogP contribution is -2.34.